The van der Waals surface area contributed by atoms with E-state index in [1.807, 2.05) is 30.4 Å². The van der Waals surface area contributed by atoms with Crippen molar-refractivity contribution < 1.29 is 4.79 Å². The number of thiophene rings is 1. The van der Waals surface area contributed by atoms with E-state index >= 15 is 0 Å². The van der Waals surface area contributed by atoms with Crippen molar-refractivity contribution in [3.05, 3.63) is 69.9 Å². The van der Waals surface area contributed by atoms with Gasteiger partial charge in [0.15, 0.2) is 0 Å². The molecule has 0 unspecified atom stereocenters. The predicted molar refractivity (Wildman–Crippen MR) is 125 cm³/mol. The van der Waals surface area contributed by atoms with Crippen molar-refractivity contribution in [2.24, 2.45) is 0 Å². The van der Waals surface area contributed by atoms with Crippen LogP contribution in [0, 0.1) is 13.8 Å². The Morgan fingerprint density at radius 1 is 1.20 bits per heavy atom. The summed E-state index contributed by atoms with van der Waals surface area (Å²) in [6, 6.07) is 9.91. The third-order valence-electron chi connectivity index (χ3n) is 6.02. The third-order valence-corrected chi connectivity index (χ3v) is 7.27. The van der Waals surface area contributed by atoms with E-state index in [0.29, 0.717) is 0 Å². The highest BCUT2D eigenvalue weighted by molar-refractivity contribution is 7.15. The van der Waals surface area contributed by atoms with Gasteiger partial charge in [-0.1, -0.05) is 19.1 Å². The highest BCUT2D eigenvalue weighted by atomic mass is 32.1. The summed E-state index contributed by atoms with van der Waals surface area (Å²) in [7, 11) is 2.17. The first kappa shape index (κ1) is 20.7. The van der Waals surface area contributed by atoms with Crippen LogP contribution < -0.4 is 10.6 Å². The van der Waals surface area contributed by atoms with Crippen LogP contribution in [0.25, 0.3) is 5.00 Å². The lowest BCUT2D eigenvalue weighted by molar-refractivity contribution is 0.248. The minimum Gasteiger partial charge on any atom is -0.331 e. The van der Waals surface area contributed by atoms with E-state index in [4.69, 9.17) is 0 Å². The van der Waals surface area contributed by atoms with Gasteiger partial charge in [0.2, 0.25) is 0 Å². The van der Waals surface area contributed by atoms with Crippen LogP contribution in [0.3, 0.4) is 0 Å². The molecule has 3 aromatic rings. The summed E-state index contributed by atoms with van der Waals surface area (Å²) >= 11 is 1.85. The lowest BCUT2D eigenvalue weighted by Crippen LogP contribution is -2.34. The summed E-state index contributed by atoms with van der Waals surface area (Å²) in [5.41, 5.74) is 5.83. The normalized spacial score (nSPS) is 14.9. The fourth-order valence-electron chi connectivity index (χ4n) is 4.14. The van der Waals surface area contributed by atoms with Crippen LogP contribution >= 0.6 is 11.3 Å². The van der Waals surface area contributed by atoms with Crippen LogP contribution in [0.2, 0.25) is 0 Å². The molecule has 0 bridgehead atoms. The van der Waals surface area contributed by atoms with E-state index in [1.165, 1.54) is 26.6 Å². The number of nitrogens with one attached hydrogen (secondary N) is 2. The number of anilines is 1. The Bertz CT molecular complexity index is 1040. The van der Waals surface area contributed by atoms with Gasteiger partial charge >= 0.3 is 6.03 Å². The molecule has 30 heavy (non-hydrogen) atoms. The zero-order valence-corrected chi connectivity index (χ0v) is 19.0. The van der Waals surface area contributed by atoms with Gasteiger partial charge in [0, 0.05) is 41.6 Å². The molecule has 0 saturated heterocycles. The molecular formula is C24H30N4OS. The summed E-state index contributed by atoms with van der Waals surface area (Å²) in [5, 5.41) is 7.54. The van der Waals surface area contributed by atoms with Crippen LogP contribution in [-0.2, 0) is 13.0 Å². The van der Waals surface area contributed by atoms with Gasteiger partial charge in [0.25, 0.3) is 0 Å². The number of carbonyl (C=O) groups excluding carboxylic acids is 1. The maximum atomic E-state index is 12.9. The number of amides is 2. The molecule has 6 heteroatoms. The van der Waals surface area contributed by atoms with Gasteiger partial charge in [0.05, 0.1) is 6.04 Å². The summed E-state index contributed by atoms with van der Waals surface area (Å²) < 4.78 is 2.19. The van der Waals surface area contributed by atoms with Crippen molar-refractivity contribution in [1.29, 1.82) is 0 Å². The Hall–Kier alpha value is -2.57. The first-order valence-electron chi connectivity index (χ1n) is 10.6. The molecular weight excluding hydrogens is 392 g/mol. The molecule has 4 rings (SSSR count). The van der Waals surface area contributed by atoms with Crippen LogP contribution in [0.4, 0.5) is 10.5 Å². The number of likely N-dealkylation sites (N-methyl/N-ethyl adjacent to an activating group) is 1. The summed E-state index contributed by atoms with van der Waals surface area (Å²) in [6.07, 6.45) is 6.05. The van der Waals surface area contributed by atoms with Crippen molar-refractivity contribution in [3.8, 4) is 5.00 Å². The standard InChI is InChI=1S/C24H30N4OS/c1-5-19(25-24(29)26-20-10-8-9-16(2)17(20)3)22-18-11-14-27(4)15-21(18)30-23(22)28-12-6-7-13-28/h6-10,12-13,19H,5,11,14-15H2,1-4H3,(H2,25,26,29)/t19-/m0/s1. The van der Waals surface area contributed by atoms with E-state index in [-0.39, 0.29) is 12.1 Å². The van der Waals surface area contributed by atoms with Crippen molar-refractivity contribution in [2.75, 3.05) is 18.9 Å². The minimum atomic E-state index is -0.151. The average molecular weight is 423 g/mol. The lowest BCUT2D eigenvalue weighted by Gasteiger charge is -2.25. The maximum absolute atomic E-state index is 12.9. The largest absolute Gasteiger partial charge is 0.331 e. The fraction of sp³-hybridized carbons (Fsp3) is 0.375. The molecule has 2 N–H and O–H groups in total. The highest BCUT2D eigenvalue weighted by Gasteiger charge is 2.28. The smallest absolute Gasteiger partial charge is 0.319 e. The Balaban J connectivity index is 1.64. The molecule has 158 valence electrons. The van der Waals surface area contributed by atoms with Gasteiger partial charge in [-0.05, 0) is 68.6 Å². The van der Waals surface area contributed by atoms with Gasteiger partial charge in [-0.3, -0.25) is 0 Å². The minimum absolute atomic E-state index is 0.0316. The number of nitrogens with zero attached hydrogens (tertiary/aromatic N) is 2. The molecule has 0 radical (unpaired) electrons. The van der Waals surface area contributed by atoms with Crippen LogP contribution in [-0.4, -0.2) is 29.1 Å². The Kier molecular flexibility index (Phi) is 5.97. The second kappa shape index (κ2) is 8.66. The Morgan fingerprint density at radius 3 is 2.70 bits per heavy atom. The molecule has 1 aliphatic heterocycles. The number of hydrogen-bond acceptors (Lipinski definition) is 3. The topological polar surface area (TPSA) is 49.3 Å². The number of urea groups is 1. The van der Waals surface area contributed by atoms with Crippen molar-refractivity contribution in [1.82, 2.24) is 14.8 Å². The van der Waals surface area contributed by atoms with Crippen LogP contribution in [0.15, 0.2) is 42.7 Å². The molecule has 0 saturated carbocycles. The number of carbonyl (C=O) groups is 1. The molecule has 2 amide bonds. The number of fused-ring (bicyclic) bond motifs is 1. The summed E-state index contributed by atoms with van der Waals surface area (Å²) in [5.74, 6) is 0. The van der Waals surface area contributed by atoms with Gasteiger partial charge < -0.3 is 20.1 Å². The molecule has 0 spiro atoms. The first-order chi connectivity index (χ1) is 14.5. The van der Waals surface area contributed by atoms with Crippen LogP contribution in [0.5, 0.6) is 0 Å². The maximum Gasteiger partial charge on any atom is 0.319 e. The van der Waals surface area contributed by atoms with Crippen molar-refractivity contribution >= 4 is 23.1 Å². The van der Waals surface area contributed by atoms with Crippen molar-refractivity contribution in [3.63, 3.8) is 0 Å². The number of hydrogen-bond donors (Lipinski definition) is 2. The SMILES string of the molecule is CC[C@H](NC(=O)Nc1cccc(C)c1C)c1c(-n2cccc2)sc2c1CCN(C)C2. The quantitative estimate of drug-likeness (QED) is 0.577. The molecule has 3 heterocycles. The van der Waals surface area contributed by atoms with Gasteiger partial charge in [0.1, 0.15) is 5.00 Å². The molecule has 1 aromatic carbocycles. The molecule has 5 nitrogen and oxygen atoms in total. The lowest BCUT2D eigenvalue weighted by atomic mass is 9.96. The number of aromatic nitrogens is 1. The predicted octanol–water partition coefficient (Wildman–Crippen LogP) is 5.42. The number of benzene rings is 1. The second-order valence-electron chi connectivity index (χ2n) is 8.11. The zero-order chi connectivity index (χ0) is 21.3. The zero-order valence-electron chi connectivity index (χ0n) is 18.2. The molecule has 1 aliphatic rings. The monoisotopic (exact) mass is 422 g/mol. The summed E-state index contributed by atoms with van der Waals surface area (Å²) in [4.78, 5) is 16.7. The molecule has 2 aromatic heterocycles. The van der Waals surface area contributed by atoms with Crippen molar-refractivity contribution in [2.45, 2.75) is 46.2 Å². The third kappa shape index (κ3) is 4.02. The van der Waals surface area contributed by atoms with Gasteiger partial charge in [-0.2, -0.15) is 0 Å². The van der Waals surface area contributed by atoms with E-state index in [9.17, 15) is 4.79 Å². The van der Waals surface area contributed by atoms with E-state index in [2.05, 4.69) is 71.6 Å². The van der Waals surface area contributed by atoms with E-state index in [1.54, 1.807) is 0 Å². The van der Waals surface area contributed by atoms with E-state index < -0.39 is 0 Å². The molecule has 0 aliphatic carbocycles. The van der Waals surface area contributed by atoms with Gasteiger partial charge in [-0.25, -0.2) is 4.79 Å². The highest BCUT2D eigenvalue weighted by Crippen LogP contribution is 2.40. The molecule has 1 atom stereocenters. The first-order valence-corrected chi connectivity index (χ1v) is 11.4. The van der Waals surface area contributed by atoms with E-state index in [0.717, 1.165) is 37.2 Å². The average Bonchev–Trinajstić information content (AvgIpc) is 3.37. The number of rotatable bonds is 5. The number of aryl methyl sites for hydroxylation is 1. The Morgan fingerprint density at radius 2 is 1.97 bits per heavy atom. The van der Waals surface area contributed by atoms with Gasteiger partial charge in [-0.15, -0.1) is 11.3 Å². The fourth-order valence-corrected chi connectivity index (χ4v) is 5.60. The molecule has 0 fully saturated rings. The van der Waals surface area contributed by atoms with Crippen LogP contribution in [0.1, 0.15) is 46.5 Å². The Labute approximate surface area is 182 Å². The second-order valence-corrected chi connectivity index (χ2v) is 9.19. The summed E-state index contributed by atoms with van der Waals surface area (Å²) in [6.45, 7) is 8.26.